The van der Waals surface area contributed by atoms with Crippen molar-refractivity contribution in [2.75, 3.05) is 0 Å². The SMILES string of the molecule is Cc1cc(C)c(N=Cc2ncccn2)c(C)c1.[Ni]. The van der Waals surface area contributed by atoms with Gasteiger partial charge in [0.25, 0.3) is 0 Å². The quantitative estimate of drug-likeness (QED) is 0.627. The Balaban J connectivity index is 0.00000162. The summed E-state index contributed by atoms with van der Waals surface area (Å²) in [7, 11) is 0. The van der Waals surface area contributed by atoms with Crippen molar-refractivity contribution in [3.63, 3.8) is 0 Å². The second-order valence-electron chi connectivity index (χ2n) is 4.11. The molecular formula is C14H15N3Ni. The topological polar surface area (TPSA) is 38.1 Å². The molecule has 0 radical (unpaired) electrons. The molecule has 0 aliphatic carbocycles. The van der Waals surface area contributed by atoms with E-state index in [2.05, 4.69) is 47.9 Å². The molecule has 1 aromatic carbocycles. The molecule has 4 heteroatoms. The van der Waals surface area contributed by atoms with E-state index in [0.717, 1.165) is 5.69 Å². The van der Waals surface area contributed by atoms with E-state index in [0.29, 0.717) is 5.82 Å². The van der Waals surface area contributed by atoms with Gasteiger partial charge in [-0.2, -0.15) is 0 Å². The van der Waals surface area contributed by atoms with E-state index in [9.17, 15) is 0 Å². The number of aryl methyl sites for hydroxylation is 3. The summed E-state index contributed by atoms with van der Waals surface area (Å²) in [4.78, 5) is 12.7. The molecule has 0 spiro atoms. The molecule has 96 valence electrons. The monoisotopic (exact) mass is 283 g/mol. The third-order valence-electron chi connectivity index (χ3n) is 2.53. The zero-order valence-electron chi connectivity index (χ0n) is 10.6. The molecule has 0 unspecified atom stereocenters. The molecule has 0 aliphatic heterocycles. The Hall–Kier alpha value is -1.54. The van der Waals surface area contributed by atoms with E-state index in [-0.39, 0.29) is 16.5 Å². The van der Waals surface area contributed by atoms with Gasteiger partial charge in [0.05, 0.1) is 11.9 Å². The van der Waals surface area contributed by atoms with Crippen LogP contribution in [0.5, 0.6) is 0 Å². The Bertz CT molecular complexity index is 527. The molecule has 0 saturated heterocycles. The normalized spacial score (nSPS) is 10.4. The van der Waals surface area contributed by atoms with Crippen LogP contribution in [0.2, 0.25) is 0 Å². The molecule has 0 N–H and O–H groups in total. The van der Waals surface area contributed by atoms with Crippen LogP contribution in [0.15, 0.2) is 35.6 Å². The second kappa shape index (κ2) is 6.41. The van der Waals surface area contributed by atoms with Crippen molar-refractivity contribution in [2.24, 2.45) is 4.99 Å². The van der Waals surface area contributed by atoms with Crippen molar-refractivity contribution < 1.29 is 16.5 Å². The molecule has 18 heavy (non-hydrogen) atoms. The van der Waals surface area contributed by atoms with Crippen molar-refractivity contribution in [2.45, 2.75) is 20.8 Å². The van der Waals surface area contributed by atoms with Crippen molar-refractivity contribution in [3.05, 3.63) is 53.1 Å². The first kappa shape index (κ1) is 14.5. The summed E-state index contributed by atoms with van der Waals surface area (Å²) in [6.07, 6.45) is 5.12. The van der Waals surface area contributed by atoms with Gasteiger partial charge in [0.1, 0.15) is 0 Å². The van der Waals surface area contributed by atoms with Crippen molar-refractivity contribution in [1.29, 1.82) is 0 Å². The molecule has 2 aromatic rings. The van der Waals surface area contributed by atoms with Crippen LogP contribution in [0.1, 0.15) is 22.5 Å². The van der Waals surface area contributed by atoms with Crippen molar-refractivity contribution in [3.8, 4) is 0 Å². The molecule has 2 rings (SSSR count). The average Bonchev–Trinajstić information content (AvgIpc) is 2.29. The third kappa shape index (κ3) is 3.48. The van der Waals surface area contributed by atoms with Gasteiger partial charge in [-0.15, -0.1) is 0 Å². The molecule has 0 bridgehead atoms. The minimum atomic E-state index is 0. The fourth-order valence-corrected chi connectivity index (χ4v) is 1.88. The van der Waals surface area contributed by atoms with Gasteiger partial charge in [0, 0.05) is 28.9 Å². The third-order valence-corrected chi connectivity index (χ3v) is 2.53. The summed E-state index contributed by atoms with van der Waals surface area (Å²) in [5.41, 5.74) is 4.61. The van der Waals surface area contributed by atoms with E-state index in [1.54, 1.807) is 24.7 Å². The van der Waals surface area contributed by atoms with Crippen LogP contribution in [0.4, 0.5) is 5.69 Å². The maximum absolute atomic E-state index is 4.47. The zero-order chi connectivity index (χ0) is 12.3. The first-order valence-corrected chi connectivity index (χ1v) is 5.56. The Morgan fingerprint density at radius 1 is 1.00 bits per heavy atom. The molecular weight excluding hydrogens is 269 g/mol. The van der Waals surface area contributed by atoms with E-state index in [4.69, 9.17) is 0 Å². The van der Waals surface area contributed by atoms with Gasteiger partial charge in [-0.25, -0.2) is 9.97 Å². The van der Waals surface area contributed by atoms with E-state index < -0.39 is 0 Å². The van der Waals surface area contributed by atoms with Crippen LogP contribution in [0.3, 0.4) is 0 Å². The zero-order valence-corrected chi connectivity index (χ0v) is 11.6. The predicted octanol–water partition coefficient (Wildman–Crippen LogP) is 3.15. The maximum atomic E-state index is 4.47. The van der Waals surface area contributed by atoms with Gasteiger partial charge in [-0.3, -0.25) is 4.99 Å². The molecule has 0 aliphatic rings. The summed E-state index contributed by atoms with van der Waals surface area (Å²) in [6, 6.07) is 6.05. The summed E-state index contributed by atoms with van der Waals surface area (Å²) in [5.74, 6) is 0.631. The number of hydrogen-bond acceptors (Lipinski definition) is 3. The molecule has 0 saturated carbocycles. The summed E-state index contributed by atoms with van der Waals surface area (Å²) in [6.45, 7) is 6.23. The first-order chi connectivity index (χ1) is 8.16. The van der Waals surface area contributed by atoms with Crippen LogP contribution < -0.4 is 0 Å². The smallest absolute Gasteiger partial charge is 0.170 e. The average molecular weight is 284 g/mol. The number of rotatable bonds is 2. The molecule has 0 fully saturated rings. The molecule has 3 nitrogen and oxygen atoms in total. The van der Waals surface area contributed by atoms with Crippen LogP contribution >= 0.6 is 0 Å². The minimum absolute atomic E-state index is 0. The minimum Gasteiger partial charge on any atom is -0.252 e. The number of benzene rings is 1. The van der Waals surface area contributed by atoms with Gasteiger partial charge < -0.3 is 0 Å². The van der Waals surface area contributed by atoms with Crippen LogP contribution in [-0.2, 0) is 16.5 Å². The van der Waals surface area contributed by atoms with E-state index in [1.807, 2.05) is 0 Å². The fraction of sp³-hybridized carbons (Fsp3) is 0.214. The number of aromatic nitrogens is 2. The molecule has 0 amide bonds. The van der Waals surface area contributed by atoms with Gasteiger partial charge in [0.15, 0.2) is 5.82 Å². The number of nitrogens with zero attached hydrogens (tertiary/aromatic N) is 3. The molecule has 0 atom stereocenters. The van der Waals surface area contributed by atoms with Gasteiger partial charge in [-0.05, 0) is 38.0 Å². The Morgan fingerprint density at radius 3 is 2.11 bits per heavy atom. The van der Waals surface area contributed by atoms with Gasteiger partial charge in [-0.1, -0.05) is 17.7 Å². The summed E-state index contributed by atoms with van der Waals surface area (Å²) >= 11 is 0. The van der Waals surface area contributed by atoms with Gasteiger partial charge >= 0.3 is 0 Å². The van der Waals surface area contributed by atoms with Crippen LogP contribution in [0, 0.1) is 20.8 Å². The Labute approximate surface area is 117 Å². The standard InChI is InChI=1S/C14H15N3.Ni/c1-10-7-11(2)14(12(3)8-10)17-9-13-15-5-4-6-16-13;/h4-9H,1-3H3;. The number of hydrogen-bond donors (Lipinski definition) is 0. The predicted molar refractivity (Wildman–Crippen MR) is 69.9 cm³/mol. The largest absolute Gasteiger partial charge is 0.252 e. The van der Waals surface area contributed by atoms with E-state index in [1.165, 1.54) is 16.7 Å². The summed E-state index contributed by atoms with van der Waals surface area (Å²) in [5, 5.41) is 0. The van der Waals surface area contributed by atoms with Gasteiger partial charge in [0.2, 0.25) is 0 Å². The number of aliphatic imine (C=N–C) groups is 1. The Kier molecular flexibility index (Phi) is 5.17. The van der Waals surface area contributed by atoms with Crippen molar-refractivity contribution in [1.82, 2.24) is 9.97 Å². The second-order valence-corrected chi connectivity index (χ2v) is 4.11. The Morgan fingerprint density at radius 2 is 1.56 bits per heavy atom. The molecule has 1 aromatic heterocycles. The summed E-state index contributed by atoms with van der Waals surface area (Å²) < 4.78 is 0. The van der Waals surface area contributed by atoms with Crippen molar-refractivity contribution >= 4 is 11.9 Å². The first-order valence-electron chi connectivity index (χ1n) is 5.56. The maximum Gasteiger partial charge on any atom is 0.170 e. The van der Waals surface area contributed by atoms with Crippen LogP contribution in [0.25, 0.3) is 0 Å². The molecule has 1 heterocycles. The fourth-order valence-electron chi connectivity index (χ4n) is 1.88. The van der Waals surface area contributed by atoms with E-state index >= 15 is 0 Å². The van der Waals surface area contributed by atoms with Crippen LogP contribution in [-0.4, -0.2) is 16.2 Å².